The summed E-state index contributed by atoms with van der Waals surface area (Å²) in [6, 6.07) is 5.93. The number of nitrogens with zero attached hydrogens (tertiary/aromatic N) is 1. The average Bonchev–Trinajstić information content (AvgIpc) is 2.76. The highest BCUT2D eigenvalue weighted by molar-refractivity contribution is 7.13. The van der Waals surface area contributed by atoms with Crippen LogP contribution in [0.25, 0.3) is 10.6 Å². The molecule has 1 aromatic carbocycles. The van der Waals surface area contributed by atoms with E-state index in [1.807, 2.05) is 23.6 Å². The van der Waals surface area contributed by atoms with Crippen molar-refractivity contribution in [2.24, 2.45) is 0 Å². The smallest absolute Gasteiger partial charge is 0.161 e. The number of hydrogen-bond acceptors (Lipinski definition) is 4. The maximum atomic E-state index is 5.76. The van der Waals surface area contributed by atoms with Crippen LogP contribution in [-0.2, 0) is 5.88 Å². The molecule has 0 unspecified atom stereocenters. The highest BCUT2D eigenvalue weighted by Crippen LogP contribution is 2.35. The molecular formula is C13H12ClNO2S. The first kappa shape index (κ1) is 11.8. The number of hydrogen-bond donors (Lipinski definition) is 0. The van der Waals surface area contributed by atoms with E-state index in [4.69, 9.17) is 21.1 Å². The second-order valence-electron chi connectivity index (χ2n) is 3.99. The van der Waals surface area contributed by atoms with Crippen molar-refractivity contribution < 1.29 is 9.47 Å². The molecule has 0 N–H and O–H groups in total. The van der Waals surface area contributed by atoms with Crippen molar-refractivity contribution >= 4 is 22.9 Å². The second kappa shape index (κ2) is 5.16. The van der Waals surface area contributed by atoms with Crippen LogP contribution in [0.3, 0.4) is 0 Å². The Morgan fingerprint density at radius 3 is 2.83 bits per heavy atom. The Labute approximate surface area is 114 Å². The van der Waals surface area contributed by atoms with Gasteiger partial charge in [-0.3, -0.25) is 0 Å². The highest BCUT2D eigenvalue weighted by atomic mass is 35.5. The Bertz CT molecular complexity index is 556. The van der Waals surface area contributed by atoms with Crippen molar-refractivity contribution in [2.75, 3.05) is 13.2 Å². The molecule has 1 aliphatic rings. The summed E-state index contributed by atoms with van der Waals surface area (Å²) >= 11 is 7.36. The number of rotatable bonds is 2. The van der Waals surface area contributed by atoms with Crippen molar-refractivity contribution in [3.63, 3.8) is 0 Å². The SMILES string of the molecule is ClCc1csc(-c2ccc3c(c2)OCCCO3)n1. The summed E-state index contributed by atoms with van der Waals surface area (Å²) in [4.78, 5) is 4.46. The first-order chi connectivity index (χ1) is 8.86. The van der Waals surface area contributed by atoms with Crippen LogP contribution in [0.15, 0.2) is 23.6 Å². The van der Waals surface area contributed by atoms with Crippen molar-refractivity contribution in [3.8, 4) is 22.1 Å². The third-order valence-corrected chi connectivity index (χ3v) is 3.90. The minimum Gasteiger partial charge on any atom is -0.490 e. The van der Waals surface area contributed by atoms with E-state index in [1.54, 1.807) is 11.3 Å². The van der Waals surface area contributed by atoms with E-state index in [0.29, 0.717) is 19.1 Å². The number of halogens is 1. The Kier molecular flexibility index (Phi) is 3.39. The lowest BCUT2D eigenvalue weighted by Crippen LogP contribution is -1.97. The fourth-order valence-corrected chi connectivity index (χ4v) is 2.84. The van der Waals surface area contributed by atoms with Crippen LogP contribution in [0, 0.1) is 0 Å². The van der Waals surface area contributed by atoms with Gasteiger partial charge in [-0.05, 0) is 18.2 Å². The molecule has 1 aromatic heterocycles. The molecule has 5 heteroatoms. The number of ether oxygens (including phenoxy) is 2. The van der Waals surface area contributed by atoms with Crippen LogP contribution < -0.4 is 9.47 Å². The highest BCUT2D eigenvalue weighted by Gasteiger charge is 2.12. The molecule has 1 aliphatic heterocycles. The third kappa shape index (κ3) is 2.31. The molecule has 0 radical (unpaired) electrons. The monoisotopic (exact) mass is 281 g/mol. The fraction of sp³-hybridized carbons (Fsp3) is 0.308. The summed E-state index contributed by atoms with van der Waals surface area (Å²) in [5.41, 5.74) is 1.95. The number of alkyl halides is 1. The van der Waals surface area contributed by atoms with Gasteiger partial charge in [0.25, 0.3) is 0 Å². The van der Waals surface area contributed by atoms with Crippen molar-refractivity contribution in [1.82, 2.24) is 4.98 Å². The molecular weight excluding hydrogens is 270 g/mol. The molecule has 0 aliphatic carbocycles. The van der Waals surface area contributed by atoms with Crippen LogP contribution in [-0.4, -0.2) is 18.2 Å². The van der Waals surface area contributed by atoms with E-state index in [9.17, 15) is 0 Å². The number of thiazole rings is 1. The Morgan fingerprint density at radius 2 is 2.06 bits per heavy atom. The Hall–Kier alpha value is -1.26. The average molecular weight is 282 g/mol. The lowest BCUT2D eigenvalue weighted by Gasteiger charge is -2.07. The molecule has 0 saturated carbocycles. The molecule has 18 heavy (non-hydrogen) atoms. The van der Waals surface area contributed by atoms with E-state index in [-0.39, 0.29) is 0 Å². The van der Waals surface area contributed by atoms with E-state index in [0.717, 1.165) is 34.2 Å². The van der Waals surface area contributed by atoms with E-state index < -0.39 is 0 Å². The largest absolute Gasteiger partial charge is 0.490 e. The normalized spacial score (nSPS) is 14.3. The van der Waals surface area contributed by atoms with Crippen LogP contribution in [0.1, 0.15) is 12.1 Å². The molecule has 0 amide bonds. The topological polar surface area (TPSA) is 31.4 Å². The first-order valence-electron chi connectivity index (χ1n) is 5.77. The minimum atomic E-state index is 0.445. The van der Waals surface area contributed by atoms with Gasteiger partial charge in [-0.15, -0.1) is 22.9 Å². The Balaban J connectivity index is 1.95. The molecule has 0 atom stereocenters. The first-order valence-corrected chi connectivity index (χ1v) is 7.18. The molecule has 3 rings (SSSR count). The van der Waals surface area contributed by atoms with Gasteiger partial charge in [0.1, 0.15) is 5.01 Å². The predicted octanol–water partition coefficient (Wildman–Crippen LogP) is 3.71. The molecule has 0 saturated heterocycles. The zero-order chi connectivity index (χ0) is 12.4. The van der Waals surface area contributed by atoms with Gasteiger partial charge in [-0.2, -0.15) is 0 Å². The minimum absolute atomic E-state index is 0.445. The second-order valence-corrected chi connectivity index (χ2v) is 5.11. The number of fused-ring (bicyclic) bond motifs is 1. The predicted molar refractivity (Wildman–Crippen MR) is 72.7 cm³/mol. The summed E-state index contributed by atoms with van der Waals surface area (Å²) in [6.07, 6.45) is 0.914. The van der Waals surface area contributed by atoms with E-state index in [2.05, 4.69) is 4.98 Å². The molecule has 3 nitrogen and oxygen atoms in total. The molecule has 0 bridgehead atoms. The van der Waals surface area contributed by atoms with Gasteiger partial charge in [-0.1, -0.05) is 0 Å². The van der Waals surface area contributed by atoms with Gasteiger partial charge in [0.15, 0.2) is 11.5 Å². The fourth-order valence-electron chi connectivity index (χ4n) is 1.80. The maximum absolute atomic E-state index is 5.76. The maximum Gasteiger partial charge on any atom is 0.161 e. The zero-order valence-electron chi connectivity index (χ0n) is 9.69. The summed E-state index contributed by atoms with van der Waals surface area (Å²) in [6.45, 7) is 1.40. The molecule has 2 heterocycles. The van der Waals surface area contributed by atoms with Gasteiger partial charge < -0.3 is 9.47 Å². The Morgan fingerprint density at radius 1 is 1.22 bits per heavy atom. The number of aromatic nitrogens is 1. The van der Waals surface area contributed by atoms with Crippen LogP contribution in [0.5, 0.6) is 11.5 Å². The lowest BCUT2D eigenvalue weighted by molar-refractivity contribution is 0.297. The molecule has 0 fully saturated rings. The van der Waals surface area contributed by atoms with Gasteiger partial charge in [0.05, 0.1) is 24.8 Å². The van der Waals surface area contributed by atoms with Crippen LogP contribution in [0.2, 0.25) is 0 Å². The van der Waals surface area contributed by atoms with Gasteiger partial charge in [0.2, 0.25) is 0 Å². The van der Waals surface area contributed by atoms with Gasteiger partial charge in [-0.25, -0.2) is 4.98 Å². The summed E-state index contributed by atoms with van der Waals surface area (Å²) < 4.78 is 11.3. The van der Waals surface area contributed by atoms with Crippen LogP contribution >= 0.6 is 22.9 Å². The summed E-state index contributed by atoms with van der Waals surface area (Å²) in [5, 5.41) is 2.94. The number of benzene rings is 1. The zero-order valence-corrected chi connectivity index (χ0v) is 11.3. The quantitative estimate of drug-likeness (QED) is 0.787. The lowest BCUT2D eigenvalue weighted by atomic mass is 10.2. The summed E-state index contributed by atoms with van der Waals surface area (Å²) in [5.74, 6) is 2.05. The van der Waals surface area contributed by atoms with Crippen molar-refractivity contribution in [2.45, 2.75) is 12.3 Å². The van der Waals surface area contributed by atoms with Crippen molar-refractivity contribution in [1.29, 1.82) is 0 Å². The summed E-state index contributed by atoms with van der Waals surface area (Å²) in [7, 11) is 0. The molecule has 0 spiro atoms. The molecule has 94 valence electrons. The van der Waals surface area contributed by atoms with Crippen molar-refractivity contribution in [3.05, 3.63) is 29.3 Å². The molecule has 2 aromatic rings. The van der Waals surface area contributed by atoms with Gasteiger partial charge >= 0.3 is 0 Å². The van der Waals surface area contributed by atoms with E-state index in [1.165, 1.54) is 0 Å². The standard InChI is InChI=1S/C13H12ClNO2S/c14-7-10-8-18-13(15-10)9-2-3-11-12(6-9)17-5-1-4-16-11/h2-3,6,8H,1,4-5,7H2. The van der Waals surface area contributed by atoms with E-state index >= 15 is 0 Å². The van der Waals surface area contributed by atoms with Crippen LogP contribution in [0.4, 0.5) is 0 Å². The van der Waals surface area contributed by atoms with Gasteiger partial charge in [0, 0.05) is 17.4 Å². The third-order valence-electron chi connectivity index (χ3n) is 2.68.